The van der Waals surface area contributed by atoms with E-state index in [1.54, 1.807) is 18.4 Å². The highest BCUT2D eigenvalue weighted by atomic mass is 35.5. The summed E-state index contributed by atoms with van der Waals surface area (Å²) in [5.74, 6) is 0.683. The first-order valence-corrected chi connectivity index (χ1v) is 7.63. The SMILES string of the molecule is CCCN(CC(=O)NC)c1nc(Cl)nc2sc(C)cc12. The molecule has 0 saturated carbocycles. The predicted octanol–water partition coefficient (Wildman–Crippen LogP) is 2.62. The molecule has 2 rings (SSSR count). The lowest BCUT2D eigenvalue weighted by Crippen LogP contribution is -2.36. The molecule has 5 nitrogen and oxygen atoms in total. The van der Waals surface area contributed by atoms with Crippen LogP contribution in [0, 0.1) is 6.92 Å². The quantitative estimate of drug-likeness (QED) is 0.862. The molecule has 0 bridgehead atoms. The van der Waals surface area contributed by atoms with Crippen LogP contribution in [0.2, 0.25) is 5.28 Å². The number of fused-ring (bicyclic) bond motifs is 1. The summed E-state index contributed by atoms with van der Waals surface area (Å²) in [5.41, 5.74) is 0. The number of carbonyl (C=O) groups excluding carboxylic acids is 1. The number of hydrogen-bond donors (Lipinski definition) is 1. The van der Waals surface area contributed by atoms with E-state index < -0.39 is 0 Å². The lowest BCUT2D eigenvalue weighted by Gasteiger charge is -2.22. The molecule has 0 aromatic carbocycles. The van der Waals surface area contributed by atoms with Crippen molar-refractivity contribution in [2.24, 2.45) is 0 Å². The number of thiophene rings is 1. The molecule has 2 heterocycles. The van der Waals surface area contributed by atoms with Crippen molar-refractivity contribution in [3.8, 4) is 0 Å². The number of likely N-dealkylation sites (N-methyl/N-ethyl adjacent to an activating group) is 1. The number of aryl methyl sites for hydroxylation is 1. The fourth-order valence-electron chi connectivity index (χ4n) is 2.02. The topological polar surface area (TPSA) is 58.1 Å². The van der Waals surface area contributed by atoms with Crippen molar-refractivity contribution in [2.45, 2.75) is 20.3 Å². The molecule has 7 heteroatoms. The summed E-state index contributed by atoms with van der Waals surface area (Å²) in [6.45, 7) is 5.09. The summed E-state index contributed by atoms with van der Waals surface area (Å²) in [6, 6.07) is 2.04. The lowest BCUT2D eigenvalue weighted by atomic mass is 10.3. The Hall–Kier alpha value is -1.40. The summed E-state index contributed by atoms with van der Waals surface area (Å²) in [4.78, 5) is 24.2. The Labute approximate surface area is 127 Å². The molecule has 0 fully saturated rings. The number of nitrogens with one attached hydrogen (secondary N) is 1. The minimum Gasteiger partial charge on any atom is -0.358 e. The van der Waals surface area contributed by atoms with Gasteiger partial charge in [0, 0.05) is 18.5 Å². The van der Waals surface area contributed by atoms with Crippen LogP contribution in [0.5, 0.6) is 0 Å². The summed E-state index contributed by atoms with van der Waals surface area (Å²) in [6.07, 6.45) is 0.920. The number of nitrogens with zero attached hydrogens (tertiary/aromatic N) is 3. The zero-order valence-corrected chi connectivity index (χ0v) is 13.3. The first kappa shape index (κ1) is 15.0. The Morgan fingerprint density at radius 1 is 1.50 bits per heavy atom. The first-order valence-electron chi connectivity index (χ1n) is 6.44. The maximum absolute atomic E-state index is 11.7. The Bertz CT molecular complexity index is 628. The Kier molecular flexibility index (Phi) is 4.77. The molecule has 0 radical (unpaired) electrons. The van der Waals surface area contributed by atoms with E-state index in [2.05, 4.69) is 22.2 Å². The van der Waals surface area contributed by atoms with Gasteiger partial charge in [0.05, 0.1) is 11.9 Å². The van der Waals surface area contributed by atoms with Crippen LogP contribution in [0.4, 0.5) is 5.82 Å². The normalized spacial score (nSPS) is 10.8. The van der Waals surface area contributed by atoms with Crippen LogP contribution in [-0.4, -0.2) is 36.0 Å². The molecule has 0 atom stereocenters. The molecule has 20 heavy (non-hydrogen) atoms. The van der Waals surface area contributed by atoms with E-state index >= 15 is 0 Å². The zero-order chi connectivity index (χ0) is 14.7. The number of anilines is 1. The molecule has 2 aromatic heterocycles. The lowest BCUT2D eigenvalue weighted by molar-refractivity contribution is -0.119. The van der Waals surface area contributed by atoms with Crippen LogP contribution in [-0.2, 0) is 4.79 Å². The van der Waals surface area contributed by atoms with Crippen LogP contribution in [0.15, 0.2) is 6.07 Å². The van der Waals surface area contributed by atoms with Gasteiger partial charge in [-0.2, -0.15) is 4.98 Å². The van der Waals surface area contributed by atoms with Crippen LogP contribution in [0.1, 0.15) is 18.2 Å². The molecule has 0 spiro atoms. The van der Waals surface area contributed by atoms with Gasteiger partial charge in [0.25, 0.3) is 0 Å². The van der Waals surface area contributed by atoms with Crippen molar-refractivity contribution in [3.63, 3.8) is 0 Å². The van der Waals surface area contributed by atoms with E-state index in [0.29, 0.717) is 0 Å². The van der Waals surface area contributed by atoms with E-state index in [4.69, 9.17) is 11.6 Å². The highest BCUT2D eigenvalue weighted by molar-refractivity contribution is 7.18. The third kappa shape index (κ3) is 3.19. The van der Waals surface area contributed by atoms with Crippen LogP contribution >= 0.6 is 22.9 Å². The van der Waals surface area contributed by atoms with Crippen molar-refractivity contribution in [1.82, 2.24) is 15.3 Å². The number of carbonyl (C=O) groups is 1. The standard InChI is InChI=1S/C13H17ClN4OS/c1-4-5-18(7-10(19)15-3)11-9-6-8(2)20-12(9)17-13(14)16-11/h6H,4-5,7H2,1-3H3,(H,15,19). The minimum atomic E-state index is -0.0479. The molecule has 2 aromatic rings. The van der Waals surface area contributed by atoms with Crippen molar-refractivity contribution in [3.05, 3.63) is 16.2 Å². The van der Waals surface area contributed by atoms with Gasteiger partial charge < -0.3 is 10.2 Å². The summed E-state index contributed by atoms with van der Waals surface area (Å²) in [5, 5.41) is 3.81. The van der Waals surface area contributed by atoms with Crippen LogP contribution < -0.4 is 10.2 Å². The Balaban J connectivity index is 2.48. The van der Waals surface area contributed by atoms with Gasteiger partial charge >= 0.3 is 0 Å². The average Bonchev–Trinajstić information content (AvgIpc) is 2.77. The number of amides is 1. The molecule has 0 aliphatic heterocycles. The smallest absolute Gasteiger partial charge is 0.239 e. The van der Waals surface area contributed by atoms with Gasteiger partial charge in [0.1, 0.15) is 10.6 Å². The second-order valence-electron chi connectivity index (χ2n) is 4.49. The fraction of sp³-hybridized carbons (Fsp3) is 0.462. The molecule has 108 valence electrons. The third-order valence-corrected chi connectivity index (χ3v) is 3.99. The highest BCUT2D eigenvalue weighted by Crippen LogP contribution is 2.31. The molecular weight excluding hydrogens is 296 g/mol. The van der Waals surface area contributed by atoms with E-state index in [-0.39, 0.29) is 17.7 Å². The maximum atomic E-state index is 11.7. The molecule has 0 aliphatic carbocycles. The van der Waals surface area contributed by atoms with E-state index in [1.165, 1.54) is 0 Å². The summed E-state index contributed by atoms with van der Waals surface area (Å²) >= 11 is 7.58. The first-order chi connectivity index (χ1) is 9.55. The second kappa shape index (κ2) is 6.37. The van der Waals surface area contributed by atoms with E-state index in [9.17, 15) is 4.79 Å². The van der Waals surface area contributed by atoms with E-state index in [1.807, 2.05) is 17.9 Å². The predicted molar refractivity (Wildman–Crippen MR) is 83.7 cm³/mol. The number of hydrogen-bond acceptors (Lipinski definition) is 5. The number of halogens is 1. The summed E-state index contributed by atoms with van der Waals surface area (Å²) in [7, 11) is 1.63. The number of aromatic nitrogens is 2. The Morgan fingerprint density at radius 3 is 2.90 bits per heavy atom. The van der Waals surface area contributed by atoms with Gasteiger partial charge in [-0.1, -0.05) is 6.92 Å². The largest absolute Gasteiger partial charge is 0.358 e. The van der Waals surface area contributed by atoms with Crippen molar-refractivity contribution < 1.29 is 4.79 Å². The van der Waals surface area contributed by atoms with Gasteiger partial charge in [0.15, 0.2) is 0 Å². The van der Waals surface area contributed by atoms with Gasteiger partial charge in [0.2, 0.25) is 11.2 Å². The maximum Gasteiger partial charge on any atom is 0.239 e. The summed E-state index contributed by atoms with van der Waals surface area (Å²) < 4.78 is 0. The molecule has 1 N–H and O–H groups in total. The molecule has 0 aliphatic rings. The minimum absolute atomic E-state index is 0.0479. The number of rotatable bonds is 5. The van der Waals surface area contributed by atoms with Gasteiger partial charge in [-0.15, -0.1) is 11.3 Å². The molecular formula is C13H17ClN4OS. The average molecular weight is 313 g/mol. The fourth-order valence-corrected chi connectivity index (χ4v) is 3.11. The van der Waals surface area contributed by atoms with Gasteiger partial charge in [-0.05, 0) is 31.0 Å². The zero-order valence-electron chi connectivity index (χ0n) is 11.7. The van der Waals surface area contributed by atoms with Crippen LogP contribution in [0.3, 0.4) is 0 Å². The van der Waals surface area contributed by atoms with Gasteiger partial charge in [-0.25, -0.2) is 4.98 Å². The van der Waals surface area contributed by atoms with Gasteiger partial charge in [-0.3, -0.25) is 4.79 Å². The Morgan fingerprint density at radius 2 is 2.25 bits per heavy atom. The van der Waals surface area contributed by atoms with Crippen molar-refractivity contribution in [2.75, 3.05) is 25.0 Å². The van der Waals surface area contributed by atoms with Crippen molar-refractivity contribution >= 4 is 44.9 Å². The van der Waals surface area contributed by atoms with E-state index in [0.717, 1.165) is 33.9 Å². The molecule has 1 amide bonds. The molecule has 0 unspecified atom stereocenters. The molecule has 0 saturated heterocycles. The third-order valence-electron chi connectivity index (χ3n) is 2.87. The monoisotopic (exact) mass is 312 g/mol. The highest BCUT2D eigenvalue weighted by Gasteiger charge is 2.17. The van der Waals surface area contributed by atoms with Crippen molar-refractivity contribution in [1.29, 1.82) is 0 Å². The second-order valence-corrected chi connectivity index (χ2v) is 6.06. The van der Waals surface area contributed by atoms with Crippen LogP contribution in [0.25, 0.3) is 10.2 Å².